The fourth-order valence-electron chi connectivity index (χ4n) is 6.25. The number of ether oxygens (including phenoxy) is 3. The number of rotatable bonds is 12. The second-order valence-electron chi connectivity index (χ2n) is 12.5. The Labute approximate surface area is 288 Å². The Hall–Kier alpha value is -4.32. The molecule has 2 fully saturated rings. The summed E-state index contributed by atoms with van der Waals surface area (Å²) in [7, 11) is 5.76. The lowest BCUT2D eigenvalue weighted by molar-refractivity contribution is 0.0599. The third-order valence-corrected chi connectivity index (χ3v) is 9.44. The van der Waals surface area contributed by atoms with Crippen LogP contribution in [0.15, 0.2) is 36.7 Å². The highest BCUT2D eigenvalue weighted by atomic mass is 16.5. The molecule has 2 heterocycles. The molecule has 2 saturated carbocycles. The fourth-order valence-corrected chi connectivity index (χ4v) is 6.25. The van der Waals surface area contributed by atoms with Gasteiger partial charge in [0.05, 0.1) is 55.2 Å². The van der Waals surface area contributed by atoms with Crippen molar-refractivity contribution < 1.29 is 34.0 Å². The molecule has 2 aliphatic rings. The summed E-state index contributed by atoms with van der Waals surface area (Å²) in [6, 6.07) is 7.92. The van der Waals surface area contributed by atoms with Crippen molar-refractivity contribution in [2.24, 2.45) is 0 Å². The summed E-state index contributed by atoms with van der Waals surface area (Å²) in [5, 5.41) is 16.4. The summed E-state index contributed by atoms with van der Waals surface area (Å²) < 4.78 is 15.1. The maximum absolute atomic E-state index is 12.1. The zero-order valence-electron chi connectivity index (χ0n) is 29.5. The van der Waals surface area contributed by atoms with Crippen LogP contribution in [0.1, 0.15) is 105 Å². The van der Waals surface area contributed by atoms with Crippen LogP contribution >= 0.6 is 0 Å². The molecule has 0 aliphatic heterocycles. The van der Waals surface area contributed by atoms with Gasteiger partial charge in [0, 0.05) is 45.3 Å². The Kier molecular flexibility index (Phi) is 13.7. The highest BCUT2D eigenvalue weighted by Crippen LogP contribution is 2.43. The van der Waals surface area contributed by atoms with E-state index in [1.54, 1.807) is 26.5 Å². The SMILES string of the molecule is CO.COCCc1ncc(-c2cc(C(=O)O)c(C)cc2C2CCC2)[nH]1.COCCc1ncc(-c2cc(C(=O)OC)c(C)cc2C2CCC2)[nH]1. The largest absolute Gasteiger partial charge is 0.478 e. The highest BCUT2D eigenvalue weighted by molar-refractivity contribution is 5.93. The number of methoxy groups -OCH3 is 3. The molecule has 2 aromatic heterocycles. The number of aliphatic hydroxyl groups excluding tert-OH is 1. The minimum Gasteiger partial charge on any atom is -0.478 e. The van der Waals surface area contributed by atoms with Crippen molar-refractivity contribution in [3.63, 3.8) is 0 Å². The van der Waals surface area contributed by atoms with Crippen molar-refractivity contribution in [1.29, 1.82) is 0 Å². The zero-order chi connectivity index (χ0) is 35.5. The molecule has 0 radical (unpaired) electrons. The molecule has 0 atom stereocenters. The molecule has 6 rings (SSSR count). The number of nitrogens with zero attached hydrogens (tertiary/aromatic N) is 2. The van der Waals surface area contributed by atoms with Gasteiger partial charge in [0.1, 0.15) is 11.6 Å². The number of H-pyrrole nitrogens is 2. The number of aliphatic hydroxyl groups is 1. The van der Waals surface area contributed by atoms with E-state index in [1.807, 2.05) is 32.2 Å². The van der Waals surface area contributed by atoms with Gasteiger partial charge in [0.15, 0.2) is 0 Å². The maximum Gasteiger partial charge on any atom is 0.338 e. The lowest BCUT2D eigenvalue weighted by Gasteiger charge is -2.28. The van der Waals surface area contributed by atoms with Gasteiger partial charge in [0.25, 0.3) is 0 Å². The van der Waals surface area contributed by atoms with Crippen LogP contribution in [0.4, 0.5) is 0 Å². The number of carbonyl (C=O) groups is 2. The normalized spacial score (nSPS) is 14.1. The Morgan fingerprint density at radius 3 is 1.53 bits per heavy atom. The molecule has 0 amide bonds. The van der Waals surface area contributed by atoms with E-state index in [0.29, 0.717) is 42.6 Å². The van der Waals surface area contributed by atoms with Crippen LogP contribution in [0.2, 0.25) is 0 Å². The van der Waals surface area contributed by atoms with Gasteiger partial charge in [0.2, 0.25) is 0 Å². The summed E-state index contributed by atoms with van der Waals surface area (Å²) in [4.78, 5) is 39.0. The first-order chi connectivity index (χ1) is 23.7. The highest BCUT2D eigenvalue weighted by Gasteiger charge is 2.27. The Morgan fingerprint density at radius 1 is 0.735 bits per heavy atom. The standard InChI is InChI=1S/C19H24N2O3.C18H22N2O3.CH4O/c1-12-9-15(13-5-4-6-13)16(10-14(12)19(22)24-3)17-11-20-18(21-17)7-8-23-2;1-11-8-14(12-4-3-5-12)15(9-13(11)18(21)22)16-10-19-17(20-16)6-7-23-2;1-2/h9-11,13H,4-8H2,1-3H3,(H,20,21);8-10,12H,3-7H2,1-2H3,(H,19,20)(H,21,22);2H,1H3. The molecule has 0 saturated heterocycles. The van der Waals surface area contributed by atoms with E-state index < -0.39 is 5.97 Å². The predicted molar refractivity (Wildman–Crippen MR) is 188 cm³/mol. The zero-order valence-corrected chi connectivity index (χ0v) is 29.5. The van der Waals surface area contributed by atoms with Crippen LogP contribution < -0.4 is 0 Å². The summed E-state index contributed by atoms with van der Waals surface area (Å²) in [6.45, 7) is 5.07. The van der Waals surface area contributed by atoms with Gasteiger partial charge in [-0.25, -0.2) is 19.6 Å². The van der Waals surface area contributed by atoms with E-state index in [4.69, 9.17) is 19.3 Å². The summed E-state index contributed by atoms with van der Waals surface area (Å²) >= 11 is 0. The number of aromatic carboxylic acids is 1. The van der Waals surface area contributed by atoms with Crippen molar-refractivity contribution >= 4 is 11.9 Å². The van der Waals surface area contributed by atoms with E-state index in [9.17, 15) is 14.7 Å². The molecule has 11 heteroatoms. The Balaban J connectivity index is 0.000000210. The average Bonchev–Trinajstić information content (AvgIpc) is 3.72. The Bertz CT molecular complexity index is 1700. The second-order valence-corrected chi connectivity index (χ2v) is 12.5. The number of aromatic nitrogens is 4. The summed E-state index contributed by atoms with van der Waals surface area (Å²) in [5.74, 6) is 1.66. The van der Waals surface area contributed by atoms with Gasteiger partial charge in [-0.1, -0.05) is 25.0 Å². The molecule has 4 aromatic rings. The van der Waals surface area contributed by atoms with E-state index >= 15 is 0 Å². The smallest absolute Gasteiger partial charge is 0.338 e. The summed E-state index contributed by atoms with van der Waals surface area (Å²) in [5.41, 5.74) is 9.16. The number of imidazole rings is 2. The molecular weight excluding hydrogens is 624 g/mol. The van der Waals surface area contributed by atoms with Crippen molar-refractivity contribution in [2.45, 2.75) is 77.0 Å². The van der Waals surface area contributed by atoms with Gasteiger partial charge in [-0.2, -0.15) is 0 Å². The van der Waals surface area contributed by atoms with E-state index in [2.05, 4.69) is 26.0 Å². The monoisotopic (exact) mass is 674 g/mol. The van der Waals surface area contributed by atoms with Gasteiger partial charge < -0.3 is 34.4 Å². The van der Waals surface area contributed by atoms with Crippen LogP contribution in [-0.4, -0.2) is 83.7 Å². The van der Waals surface area contributed by atoms with Gasteiger partial charge in [-0.15, -0.1) is 0 Å². The molecular formula is C38H50N4O7. The molecule has 2 aliphatic carbocycles. The number of benzene rings is 2. The first kappa shape index (κ1) is 37.5. The number of carboxylic acids is 1. The lowest BCUT2D eigenvalue weighted by Crippen LogP contribution is -2.12. The Morgan fingerprint density at radius 2 is 1.16 bits per heavy atom. The number of aromatic amines is 2. The number of hydrogen-bond acceptors (Lipinski definition) is 8. The predicted octanol–water partition coefficient (Wildman–Crippen LogP) is 6.78. The third-order valence-electron chi connectivity index (χ3n) is 9.44. The molecule has 0 spiro atoms. The van der Waals surface area contributed by atoms with E-state index in [0.717, 1.165) is 58.8 Å². The second kappa shape index (κ2) is 17.9. The fraction of sp³-hybridized carbons (Fsp3) is 0.474. The van der Waals surface area contributed by atoms with Crippen LogP contribution in [0.5, 0.6) is 0 Å². The van der Waals surface area contributed by atoms with Crippen molar-refractivity contribution in [3.05, 3.63) is 81.7 Å². The molecule has 264 valence electrons. The van der Waals surface area contributed by atoms with E-state index in [1.165, 1.54) is 56.8 Å². The van der Waals surface area contributed by atoms with Crippen LogP contribution in [0.25, 0.3) is 22.5 Å². The van der Waals surface area contributed by atoms with Gasteiger partial charge in [-0.3, -0.25) is 0 Å². The van der Waals surface area contributed by atoms with Crippen LogP contribution in [0, 0.1) is 13.8 Å². The van der Waals surface area contributed by atoms with Crippen LogP contribution in [0.3, 0.4) is 0 Å². The summed E-state index contributed by atoms with van der Waals surface area (Å²) in [6.07, 6.45) is 12.4. The lowest BCUT2D eigenvalue weighted by atomic mass is 9.76. The van der Waals surface area contributed by atoms with Gasteiger partial charge >= 0.3 is 11.9 Å². The topological polar surface area (TPSA) is 160 Å². The number of nitrogens with one attached hydrogen (secondary N) is 2. The van der Waals surface area contributed by atoms with Crippen molar-refractivity contribution in [1.82, 2.24) is 19.9 Å². The number of esters is 1. The quantitative estimate of drug-likeness (QED) is 0.119. The molecule has 0 unspecified atom stereocenters. The molecule has 4 N–H and O–H groups in total. The van der Waals surface area contributed by atoms with Gasteiger partial charge in [-0.05, 0) is 85.8 Å². The minimum atomic E-state index is -0.886. The first-order valence-corrected chi connectivity index (χ1v) is 16.9. The van der Waals surface area contributed by atoms with Crippen molar-refractivity contribution in [3.8, 4) is 22.5 Å². The number of aryl methyl sites for hydroxylation is 2. The first-order valence-electron chi connectivity index (χ1n) is 16.9. The maximum atomic E-state index is 12.1. The van der Waals surface area contributed by atoms with Crippen molar-refractivity contribution in [2.75, 3.05) is 41.7 Å². The molecule has 11 nitrogen and oxygen atoms in total. The van der Waals surface area contributed by atoms with Crippen LogP contribution in [-0.2, 0) is 27.1 Å². The van der Waals surface area contributed by atoms with E-state index in [-0.39, 0.29) is 5.97 Å². The third kappa shape index (κ3) is 9.03. The number of hydrogen-bond donors (Lipinski definition) is 4. The average molecular weight is 675 g/mol. The number of carboxylic acid groups (broad SMARTS) is 1. The number of carbonyl (C=O) groups excluding carboxylic acids is 1. The molecule has 2 aromatic carbocycles. The molecule has 49 heavy (non-hydrogen) atoms. The minimum absolute atomic E-state index is 0.298. The molecule has 0 bridgehead atoms.